The van der Waals surface area contributed by atoms with Crippen molar-refractivity contribution in [2.45, 2.75) is 12.8 Å². The number of nitro groups is 1. The van der Waals surface area contributed by atoms with Crippen LogP contribution in [-0.4, -0.2) is 28.3 Å². The van der Waals surface area contributed by atoms with E-state index in [1.54, 1.807) is 25.1 Å². The van der Waals surface area contributed by atoms with Crippen molar-refractivity contribution >= 4 is 0 Å². The lowest BCUT2D eigenvalue weighted by molar-refractivity contribution is -0.485. The summed E-state index contributed by atoms with van der Waals surface area (Å²) < 4.78 is 0. The Morgan fingerprint density at radius 2 is 2.06 bits per heavy atom. The average molecular weight is 225 g/mol. The Bertz CT molecular complexity index is 367. The molecule has 2 N–H and O–H groups in total. The van der Waals surface area contributed by atoms with Crippen LogP contribution >= 0.6 is 0 Å². The van der Waals surface area contributed by atoms with Crippen LogP contribution in [0.5, 0.6) is 5.75 Å². The Labute approximate surface area is 93.5 Å². The molecule has 1 aromatic carbocycles. The maximum absolute atomic E-state index is 10.6. The van der Waals surface area contributed by atoms with Gasteiger partial charge in [-0.05, 0) is 12.0 Å². The van der Waals surface area contributed by atoms with Gasteiger partial charge in [-0.1, -0.05) is 25.1 Å². The van der Waals surface area contributed by atoms with Gasteiger partial charge in [-0.3, -0.25) is 10.1 Å². The molecule has 0 spiro atoms. The molecular formula is C11H15NO4. The lowest BCUT2D eigenvalue weighted by Gasteiger charge is -2.19. The summed E-state index contributed by atoms with van der Waals surface area (Å²) in [5, 5.41) is 29.3. The first-order valence-electron chi connectivity index (χ1n) is 5.06. The van der Waals surface area contributed by atoms with Gasteiger partial charge in [0.05, 0.1) is 5.92 Å². The van der Waals surface area contributed by atoms with Gasteiger partial charge in [-0.25, -0.2) is 0 Å². The van der Waals surface area contributed by atoms with Crippen LogP contribution in [0, 0.1) is 16.0 Å². The highest BCUT2D eigenvalue weighted by Crippen LogP contribution is 2.31. The number of phenols is 1. The zero-order chi connectivity index (χ0) is 12.1. The third-order valence-electron chi connectivity index (χ3n) is 2.66. The molecule has 0 aliphatic rings. The van der Waals surface area contributed by atoms with E-state index in [9.17, 15) is 15.2 Å². The fraction of sp³-hybridized carbons (Fsp3) is 0.455. The van der Waals surface area contributed by atoms with E-state index >= 15 is 0 Å². The van der Waals surface area contributed by atoms with Crippen LogP contribution in [0.4, 0.5) is 0 Å². The van der Waals surface area contributed by atoms with Gasteiger partial charge in [0, 0.05) is 17.1 Å². The van der Waals surface area contributed by atoms with Crippen LogP contribution in [0.3, 0.4) is 0 Å². The summed E-state index contributed by atoms with van der Waals surface area (Å²) >= 11 is 0. The van der Waals surface area contributed by atoms with Crippen LogP contribution in [0.25, 0.3) is 0 Å². The van der Waals surface area contributed by atoms with Crippen LogP contribution < -0.4 is 0 Å². The molecule has 0 heterocycles. The van der Waals surface area contributed by atoms with Crippen molar-refractivity contribution in [3.63, 3.8) is 0 Å². The molecule has 0 aliphatic carbocycles. The zero-order valence-electron chi connectivity index (χ0n) is 9.04. The lowest BCUT2D eigenvalue weighted by Crippen LogP contribution is -2.21. The number of benzene rings is 1. The minimum absolute atomic E-state index is 0.0367. The molecule has 0 bridgehead atoms. The molecule has 88 valence electrons. The molecule has 0 radical (unpaired) electrons. The van der Waals surface area contributed by atoms with E-state index in [2.05, 4.69) is 0 Å². The molecule has 0 aliphatic heterocycles. The summed E-state index contributed by atoms with van der Waals surface area (Å²) in [7, 11) is 0. The molecule has 0 aromatic heterocycles. The highest BCUT2D eigenvalue weighted by atomic mass is 16.6. The van der Waals surface area contributed by atoms with Crippen LogP contribution in [0.1, 0.15) is 18.4 Å². The van der Waals surface area contributed by atoms with Gasteiger partial charge in [0.15, 0.2) is 0 Å². The van der Waals surface area contributed by atoms with Crippen LogP contribution in [0.15, 0.2) is 24.3 Å². The highest BCUT2D eigenvalue weighted by Gasteiger charge is 2.26. The van der Waals surface area contributed by atoms with Crippen molar-refractivity contribution in [2.75, 3.05) is 13.2 Å². The standard InChI is InChI=1S/C11H15NO4/c1-8(7-13)10(6-12(15)16)9-4-2-3-5-11(9)14/h2-5,8,10,13-14H,6-7H2,1H3. The fourth-order valence-electron chi connectivity index (χ4n) is 1.67. The molecule has 2 unspecified atom stereocenters. The van der Waals surface area contributed by atoms with E-state index in [4.69, 9.17) is 5.11 Å². The third kappa shape index (κ3) is 2.93. The van der Waals surface area contributed by atoms with E-state index < -0.39 is 10.8 Å². The van der Waals surface area contributed by atoms with Gasteiger partial charge in [0.25, 0.3) is 0 Å². The van der Waals surface area contributed by atoms with Gasteiger partial charge in [0.1, 0.15) is 5.75 Å². The molecule has 0 saturated carbocycles. The summed E-state index contributed by atoms with van der Waals surface area (Å²) in [5.41, 5.74) is 0.515. The molecule has 0 saturated heterocycles. The second-order valence-electron chi connectivity index (χ2n) is 3.84. The van der Waals surface area contributed by atoms with Gasteiger partial charge >= 0.3 is 0 Å². The number of nitrogens with zero attached hydrogens (tertiary/aromatic N) is 1. The van der Waals surface area contributed by atoms with Crippen molar-refractivity contribution in [1.29, 1.82) is 0 Å². The molecule has 5 nitrogen and oxygen atoms in total. The Morgan fingerprint density at radius 1 is 1.44 bits per heavy atom. The number of rotatable bonds is 5. The Kier molecular flexibility index (Phi) is 4.25. The minimum atomic E-state index is -0.471. The predicted molar refractivity (Wildman–Crippen MR) is 59.0 cm³/mol. The number of hydrogen-bond donors (Lipinski definition) is 2. The number of aliphatic hydroxyl groups excluding tert-OH is 1. The summed E-state index contributed by atoms with van der Waals surface area (Å²) in [4.78, 5) is 10.1. The lowest BCUT2D eigenvalue weighted by atomic mass is 9.87. The quantitative estimate of drug-likeness (QED) is 0.585. The highest BCUT2D eigenvalue weighted by molar-refractivity contribution is 5.35. The smallest absolute Gasteiger partial charge is 0.211 e. The largest absolute Gasteiger partial charge is 0.508 e. The van der Waals surface area contributed by atoms with Crippen molar-refractivity contribution in [3.8, 4) is 5.75 Å². The summed E-state index contributed by atoms with van der Waals surface area (Å²) in [6, 6.07) is 6.51. The van der Waals surface area contributed by atoms with Gasteiger partial charge in [-0.2, -0.15) is 0 Å². The van der Waals surface area contributed by atoms with Crippen molar-refractivity contribution in [3.05, 3.63) is 39.9 Å². The second kappa shape index (κ2) is 5.46. The molecular weight excluding hydrogens is 210 g/mol. The minimum Gasteiger partial charge on any atom is -0.508 e. The monoisotopic (exact) mass is 225 g/mol. The predicted octanol–water partition coefficient (Wildman–Crippen LogP) is 1.38. The Hall–Kier alpha value is -1.62. The first-order valence-corrected chi connectivity index (χ1v) is 5.06. The fourth-order valence-corrected chi connectivity index (χ4v) is 1.67. The average Bonchev–Trinajstić information content (AvgIpc) is 2.26. The van der Waals surface area contributed by atoms with Crippen LogP contribution in [0.2, 0.25) is 0 Å². The molecule has 1 aromatic rings. The number of hydrogen-bond acceptors (Lipinski definition) is 4. The Morgan fingerprint density at radius 3 is 2.56 bits per heavy atom. The second-order valence-corrected chi connectivity index (χ2v) is 3.84. The van der Waals surface area contributed by atoms with Crippen molar-refractivity contribution in [1.82, 2.24) is 0 Å². The maximum atomic E-state index is 10.6. The first kappa shape index (κ1) is 12.4. The summed E-state index contributed by atoms with van der Waals surface area (Å²) in [6.45, 7) is 1.28. The Balaban J connectivity index is 3.01. The normalized spacial score (nSPS) is 14.4. The topological polar surface area (TPSA) is 83.6 Å². The van der Waals surface area contributed by atoms with Crippen molar-refractivity contribution < 1.29 is 15.1 Å². The van der Waals surface area contributed by atoms with Gasteiger partial charge in [0.2, 0.25) is 6.54 Å². The van der Waals surface area contributed by atoms with E-state index in [-0.39, 0.29) is 24.8 Å². The zero-order valence-corrected chi connectivity index (χ0v) is 9.04. The number of aliphatic hydroxyl groups is 1. The van der Waals surface area contributed by atoms with Crippen LogP contribution in [-0.2, 0) is 0 Å². The van der Waals surface area contributed by atoms with E-state index in [0.29, 0.717) is 5.56 Å². The molecule has 0 fully saturated rings. The summed E-state index contributed by atoms with van der Waals surface area (Å²) in [6.07, 6.45) is 0. The summed E-state index contributed by atoms with van der Waals surface area (Å²) in [5.74, 6) is -0.699. The maximum Gasteiger partial charge on any atom is 0.211 e. The van der Waals surface area contributed by atoms with E-state index in [1.807, 2.05) is 0 Å². The SMILES string of the molecule is CC(CO)C(C[N+](=O)[O-])c1ccccc1O. The van der Waals surface area contributed by atoms with E-state index in [1.165, 1.54) is 6.07 Å². The number of aromatic hydroxyl groups is 1. The molecule has 0 amide bonds. The van der Waals surface area contributed by atoms with Gasteiger partial charge < -0.3 is 10.2 Å². The molecule has 16 heavy (non-hydrogen) atoms. The molecule has 2 atom stereocenters. The molecule has 1 rings (SSSR count). The first-order chi connectivity index (χ1) is 7.56. The number of phenolic OH excluding ortho intramolecular Hbond substituents is 1. The van der Waals surface area contributed by atoms with Crippen molar-refractivity contribution in [2.24, 2.45) is 5.92 Å². The molecule has 5 heteroatoms. The number of para-hydroxylation sites is 1. The third-order valence-corrected chi connectivity index (χ3v) is 2.66. The van der Waals surface area contributed by atoms with Gasteiger partial charge in [-0.15, -0.1) is 0 Å². The van der Waals surface area contributed by atoms with E-state index in [0.717, 1.165) is 0 Å².